The van der Waals surface area contributed by atoms with E-state index in [1.807, 2.05) is 0 Å². The van der Waals surface area contributed by atoms with E-state index in [1.54, 1.807) is 0 Å². The molecule has 18 heteroatoms. The van der Waals surface area contributed by atoms with Crippen LogP contribution in [-0.4, -0.2) is 78.4 Å². The molecule has 2 amide bonds. The van der Waals surface area contributed by atoms with Crippen LogP contribution in [0.4, 0.5) is 26.3 Å². The van der Waals surface area contributed by atoms with Crippen molar-refractivity contribution in [3.8, 4) is 0 Å². The minimum atomic E-state index is -4.86. The summed E-state index contributed by atoms with van der Waals surface area (Å²) in [5, 5.41) is 5.72. The largest absolute Gasteiger partial charge is 0.449 e. The van der Waals surface area contributed by atoms with Gasteiger partial charge in [0, 0.05) is 49.6 Å². The lowest BCUT2D eigenvalue weighted by Crippen LogP contribution is -2.42. The van der Waals surface area contributed by atoms with Crippen molar-refractivity contribution in [3.63, 3.8) is 0 Å². The molecule has 3 N–H and O–H groups in total. The number of nitrogens with one attached hydrogen (secondary N) is 1. The van der Waals surface area contributed by atoms with Crippen LogP contribution in [0.3, 0.4) is 0 Å². The first-order valence-electron chi connectivity index (χ1n) is 12.7. The lowest BCUT2D eigenvalue weighted by atomic mass is 10.0. The van der Waals surface area contributed by atoms with Gasteiger partial charge in [0.1, 0.15) is 5.82 Å². The van der Waals surface area contributed by atoms with Crippen molar-refractivity contribution < 1.29 is 45.4 Å². The zero-order chi connectivity index (χ0) is 30.9. The van der Waals surface area contributed by atoms with Crippen LogP contribution < -0.4 is 11.1 Å². The van der Waals surface area contributed by atoms with E-state index in [1.165, 1.54) is 4.90 Å². The normalized spacial score (nSPS) is 13.8. The van der Waals surface area contributed by atoms with E-state index >= 15 is 0 Å². The van der Waals surface area contributed by atoms with Crippen molar-refractivity contribution >= 4 is 11.8 Å². The summed E-state index contributed by atoms with van der Waals surface area (Å²) in [5.74, 6) is -6.46. The highest BCUT2D eigenvalue weighted by molar-refractivity contribution is 5.93. The molecular weight excluding hydrogens is 578 g/mol. The number of azide groups is 1. The lowest BCUT2D eigenvalue weighted by Gasteiger charge is -2.30. The number of rotatable bonds is 14. The summed E-state index contributed by atoms with van der Waals surface area (Å²) < 4.78 is 92.8. The van der Waals surface area contributed by atoms with Crippen molar-refractivity contribution in [2.45, 2.75) is 38.1 Å². The van der Waals surface area contributed by atoms with Gasteiger partial charge < -0.3 is 30.0 Å². The number of benzene rings is 1. The molecule has 0 radical (unpaired) electrons. The molecule has 2 aromatic rings. The van der Waals surface area contributed by atoms with Gasteiger partial charge in [-0.15, -0.1) is 0 Å². The number of fused-ring (bicyclic) bond motifs is 1. The maximum Gasteiger partial charge on any atom is 0.449 e. The number of nitrogens with two attached hydrogens (primary N) is 1. The second-order valence-corrected chi connectivity index (χ2v) is 9.16. The van der Waals surface area contributed by atoms with E-state index < -0.39 is 53.0 Å². The topological polar surface area (TPSA) is 160 Å². The Labute approximate surface area is 235 Å². The molecule has 0 saturated carbocycles. The van der Waals surface area contributed by atoms with E-state index in [0.29, 0.717) is 12.1 Å². The number of carbonyl (C=O) groups excluding carboxylic acids is 2. The van der Waals surface area contributed by atoms with Crippen LogP contribution in [0.25, 0.3) is 10.4 Å². The highest BCUT2D eigenvalue weighted by Crippen LogP contribution is 2.32. The summed E-state index contributed by atoms with van der Waals surface area (Å²) in [6.45, 7) is -0.125. The molecule has 0 bridgehead atoms. The third-order valence-corrected chi connectivity index (χ3v) is 6.14. The molecule has 1 aliphatic heterocycles. The third-order valence-electron chi connectivity index (χ3n) is 6.14. The molecule has 0 fully saturated rings. The van der Waals surface area contributed by atoms with Gasteiger partial charge >= 0.3 is 6.18 Å². The van der Waals surface area contributed by atoms with E-state index in [9.17, 15) is 35.9 Å². The van der Waals surface area contributed by atoms with Gasteiger partial charge in [0.2, 0.25) is 11.7 Å². The Kier molecular flexibility index (Phi) is 11.6. The van der Waals surface area contributed by atoms with Crippen LogP contribution in [0.2, 0.25) is 0 Å². The zero-order valence-electron chi connectivity index (χ0n) is 22.2. The number of alkyl halides is 3. The monoisotopic (exact) mass is 606 g/mol. The molecule has 42 heavy (non-hydrogen) atoms. The van der Waals surface area contributed by atoms with Crippen LogP contribution in [0.1, 0.15) is 34.0 Å². The number of halogens is 6. The van der Waals surface area contributed by atoms with Gasteiger partial charge in [-0.2, -0.15) is 13.2 Å². The number of nitrogens with zero attached hydrogens (tertiary/aromatic N) is 6. The summed E-state index contributed by atoms with van der Waals surface area (Å²) in [5.41, 5.74) is 13.2. The molecule has 3 rings (SSSR count). The quantitative estimate of drug-likeness (QED) is 0.0840. The Morgan fingerprint density at radius 3 is 2.48 bits per heavy atom. The molecule has 1 atom stereocenters. The van der Waals surface area contributed by atoms with Gasteiger partial charge in [-0.1, -0.05) is 5.11 Å². The number of ether oxygens (including phenoxy) is 2. The van der Waals surface area contributed by atoms with Crippen LogP contribution in [0.15, 0.2) is 17.2 Å². The first-order chi connectivity index (χ1) is 19.9. The van der Waals surface area contributed by atoms with Crippen molar-refractivity contribution in [2.75, 3.05) is 46.1 Å². The van der Waals surface area contributed by atoms with Gasteiger partial charge in [-0.25, -0.2) is 18.2 Å². The van der Waals surface area contributed by atoms with Gasteiger partial charge in [0.15, 0.2) is 17.3 Å². The molecule has 1 aromatic heterocycles. The average Bonchev–Trinajstić information content (AvgIpc) is 3.32. The molecule has 0 aliphatic carbocycles. The average molecular weight is 607 g/mol. The molecule has 230 valence electrons. The lowest BCUT2D eigenvalue weighted by molar-refractivity contribution is -0.148. The summed E-state index contributed by atoms with van der Waals surface area (Å²) in [7, 11) is 0. The van der Waals surface area contributed by atoms with Crippen molar-refractivity contribution in [1.82, 2.24) is 19.8 Å². The third kappa shape index (κ3) is 8.82. The maximum absolute atomic E-state index is 14.0. The summed E-state index contributed by atoms with van der Waals surface area (Å²) in [6, 6.07) is 0.00630. The Hall–Kier alpha value is -3.86. The van der Waals surface area contributed by atoms with Gasteiger partial charge in [-0.05, 0) is 23.6 Å². The zero-order valence-corrected chi connectivity index (χ0v) is 22.2. The second kappa shape index (κ2) is 14.9. The summed E-state index contributed by atoms with van der Waals surface area (Å²) >= 11 is 0. The van der Waals surface area contributed by atoms with E-state index in [-0.39, 0.29) is 83.3 Å². The van der Waals surface area contributed by atoms with Crippen molar-refractivity contribution in [2.24, 2.45) is 10.8 Å². The van der Waals surface area contributed by atoms with E-state index in [2.05, 4.69) is 20.3 Å². The number of carbonyl (C=O) groups is 2. The van der Waals surface area contributed by atoms with Crippen molar-refractivity contribution in [1.29, 1.82) is 0 Å². The number of amides is 2. The SMILES string of the molecule is [N-]=[N+]=NCCOCCOCCNC(=O)c1nc(C(F)(F)F)n2c1CN(C(=O)CC(N)Cc1cc(F)c(F)cc1F)CC2. The molecule has 1 aromatic carbocycles. The maximum atomic E-state index is 14.0. The molecule has 1 unspecified atom stereocenters. The van der Waals surface area contributed by atoms with E-state index in [4.69, 9.17) is 20.7 Å². The minimum Gasteiger partial charge on any atom is -0.379 e. The van der Waals surface area contributed by atoms with E-state index in [0.717, 1.165) is 4.57 Å². The first kappa shape index (κ1) is 32.7. The molecule has 1 aliphatic rings. The van der Waals surface area contributed by atoms with Crippen molar-refractivity contribution in [3.05, 3.63) is 62.8 Å². The Morgan fingerprint density at radius 1 is 1.10 bits per heavy atom. The van der Waals surface area contributed by atoms with Crippen LogP contribution in [0.5, 0.6) is 0 Å². The number of aromatic nitrogens is 2. The summed E-state index contributed by atoms with van der Waals surface area (Å²) in [6.07, 6.45) is -5.53. The molecule has 2 heterocycles. The Balaban J connectivity index is 1.59. The van der Waals surface area contributed by atoms with Gasteiger partial charge in [0.25, 0.3) is 5.91 Å². The molecule has 0 saturated heterocycles. The fourth-order valence-corrected chi connectivity index (χ4v) is 4.20. The van der Waals surface area contributed by atoms with Crippen LogP contribution >= 0.6 is 0 Å². The standard InChI is InChI=1S/C24H28F6N8O4/c25-16-12-18(27)17(26)10-14(16)9-15(31)11-20(39)37-3-4-38-19(13-37)21(35-23(38)24(28,29)30)22(40)33-1-5-41-7-8-42-6-2-34-36-32/h10,12,15H,1-9,11,13,31H2,(H,33,40). The fourth-order valence-electron chi connectivity index (χ4n) is 4.20. The Bertz CT molecular complexity index is 1310. The highest BCUT2D eigenvalue weighted by Gasteiger charge is 2.41. The predicted octanol–water partition coefficient (Wildman–Crippen LogP) is 2.69. The fraction of sp³-hybridized carbons (Fsp3) is 0.542. The predicted molar refractivity (Wildman–Crippen MR) is 133 cm³/mol. The first-order valence-corrected chi connectivity index (χ1v) is 12.7. The second-order valence-electron chi connectivity index (χ2n) is 9.16. The van der Waals surface area contributed by atoms with Gasteiger partial charge in [-0.3, -0.25) is 9.59 Å². The van der Waals surface area contributed by atoms with Gasteiger partial charge in [0.05, 0.1) is 38.7 Å². The highest BCUT2D eigenvalue weighted by atomic mass is 19.4. The minimum absolute atomic E-state index is 0.0225. The van der Waals surface area contributed by atoms with Crippen LogP contribution in [-0.2, 0) is 40.0 Å². The smallest absolute Gasteiger partial charge is 0.379 e. The number of hydrogen-bond acceptors (Lipinski definition) is 7. The number of hydrogen-bond donors (Lipinski definition) is 2. The summed E-state index contributed by atoms with van der Waals surface area (Å²) in [4.78, 5) is 32.9. The molecule has 0 spiro atoms. The van der Waals surface area contributed by atoms with Crippen LogP contribution in [0, 0.1) is 17.5 Å². The number of imidazole rings is 1. The Morgan fingerprint density at radius 2 is 1.79 bits per heavy atom. The molecule has 12 nitrogen and oxygen atoms in total. The molecular formula is C24H28F6N8O4.